The molecule has 0 N–H and O–H groups in total. The van der Waals surface area contributed by atoms with Crippen LogP contribution in [0.2, 0.25) is 0 Å². The summed E-state index contributed by atoms with van der Waals surface area (Å²) in [5.74, 6) is 0.514. The third-order valence-corrected chi connectivity index (χ3v) is 3.06. The standard InChI is InChI=1S/C14H24N2O/c1-12-5-6-14(15-11-12)13(2)7-8-16(3)9-10-17-4/h5-6,11,13H,7-10H2,1-4H3. The fourth-order valence-electron chi connectivity index (χ4n) is 1.69. The van der Waals surface area contributed by atoms with Gasteiger partial charge in [0.1, 0.15) is 0 Å². The predicted molar refractivity (Wildman–Crippen MR) is 71.4 cm³/mol. The number of hydrogen-bond acceptors (Lipinski definition) is 3. The van der Waals surface area contributed by atoms with Gasteiger partial charge in [-0.1, -0.05) is 13.0 Å². The molecular weight excluding hydrogens is 212 g/mol. The number of methoxy groups -OCH3 is 1. The molecule has 1 aromatic heterocycles. The SMILES string of the molecule is COCCN(C)CCC(C)c1ccc(C)cn1. The number of nitrogens with zero attached hydrogens (tertiary/aromatic N) is 2. The first-order valence-corrected chi connectivity index (χ1v) is 6.23. The van der Waals surface area contributed by atoms with E-state index in [0.717, 1.165) is 26.1 Å². The number of pyridine rings is 1. The van der Waals surface area contributed by atoms with E-state index in [1.165, 1.54) is 11.3 Å². The fraction of sp³-hybridized carbons (Fsp3) is 0.643. The Kier molecular flexibility index (Phi) is 6.16. The molecule has 0 aliphatic carbocycles. The number of likely N-dealkylation sites (N-methyl/N-ethyl adjacent to an activating group) is 1. The molecule has 0 fully saturated rings. The summed E-state index contributed by atoms with van der Waals surface area (Å²) in [5, 5.41) is 0. The molecule has 17 heavy (non-hydrogen) atoms. The molecule has 0 bridgehead atoms. The van der Waals surface area contributed by atoms with Crippen LogP contribution in [0.4, 0.5) is 0 Å². The lowest BCUT2D eigenvalue weighted by atomic mass is 10.0. The van der Waals surface area contributed by atoms with Crippen LogP contribution < -0.4 is 0 Å². The Morgan fingerprint density at radius 1 is 1.35 bits per heavy atom. The van der Waals surface area contributed by atoms with Gasteiger partial charge in [0.05, 0.1) is 6.61 Å². The van der Waals surface area contributed by atoms with Crippen molar-refractivity contribution in [1.82, 2.24) is 9.88 Å². The Labute approximate surface area is 105 Å². The van der Waals surface area contributed by atoms with E-state index in [0.29, 0.717) is 5.92 Å². The van der Waals surface area contributed by atoms with Crippen molar-refractivity contribution in [3.63, 3.8) is 0 Å². The maximum absolute atomic E-state index is 5.06. The topological polar surface area (TPSA) is 25.4 Å². The zero-order valence-electron chi connectivity index (χ0n) is 11.4. The van der Waals surface area contributed by atoms with Gasteiger partial charge < -0.3 is 9.64 Å². The number of rotatable bonds is 7. The molecule has 1 aromatic rings. The summed E-state index contributed by atoms with van der Waals surface area (Å²) in [6.45, 7) is 7.18. The zero-order valence-corrected chi connectivity index (χ0v) is 11.4. The van der Waals surface area contributed by atoms with Crippen LogP contribution in [0.3, 0.4) is 0 Å². The van der Waals surface area contributed by atoms with Gasteiger partial charge >= 0.3 is 0 Å². The number of hydrogen-bond donors (Lipinski definition) is 0. The van der Waals surface area contributed by atoms with E-state index >= 15 is 0 Å². The Morgan fingerprint density at radius 3 is 2.71 bits per heavy atom. The van der Waals surface area contributed by atoms with Crippen molar-refractivity contribution in [3.8, 4) is 0 Å². The molecule has 0 saturated carbocycles. The van der Waals surface area contributed by atoms with Gasteiger partial charge in [-0.25, -0.2) is 0 Å². The first kappa shape index (κ1) is 14.1. The van der Waals surface area contributed by atoms with Crippen LogP contribution in [-0.4, -0.2) is 43.7 Å². The lowest BCUT2D eigenvalue weighted by Crippen LogP contribution is -2.24. The van der Waals surface area contributed by atoms with Crippen LogP contribution in [0.1, 0.15) is 30.5 Å². The molecule has 3 heteroatoms. The predicted octanol–water partition coefficient (Wildman–Crippen LogP) is 2.46. The second-order valence-corrected chi connectivity index (χ2v) is 4.75. The molecule has 0 aliphatic rings. The monoisotopic (exact) mass is 236 g/mol. The summed E-state index contributed by atoms with van der Waals surface area (Å²) < 4.78 is 5.06. The van der Waals surface area contributed by atoms with Gasteiger partial charge in [-0.05, 0) is 44.5 Å². The van der Waals surface area contributed by atoms with Crippen LogP contribution in [-0.2, 0) is 4.74 Å². The third-order valence-electron chi connectivity index (χ3n) is 3.06. The van der Waals surface area contributed by atoms with Crippen molar-refractivity contribution in [3.05, 3.63) is 29.6 Å². The van der Waals surface area contributed by atoms with Crippen molar-refractivity contribution in [2.45, 2.75) is 26.2 Å². The van der Waals surface area contributed by atoms with Gasteiger partial charge in [-0.2, -0.15) is 0 Å². The summed E-state index contributed by atoms with van der Waals surface area (Å²) in [7, 11) is 3.88. The molecule has 0 aliphatic heterocycles. The van der Waals surface area contributed by atoms with Gasteiger partial charge in [-0.3, -0.25) is 4.98 Å². The van der Waals surface area contributed by atoms with Gasteiger partial charge in [0, 0.05) is 25.5 Å². The van der Waals surface area contributed by atoms with E-state index in [1.807, 2.05) is 6.20 Å². The molecule has 96 valence electrons. The highest BCUT2D eigenvalue weighted by Gasteiger charge is 2.08. The smallest absolute Gasteiger partial charge is 0.0589 e. The van der Waals surface area contributed by atoms with Crippen LogP contribution in [0.25, 0.3) is 0 Å². The minimum absolute atomic E-state index is 0.514. The van der Waals surface area contributed by atoms with E-state index in [4.69, 9.17) is 4.74 Å². The minimum atomic E-state index is 0.514. The van der Waals surface area contributed by atoms with Crippen molar-refractivity contribution in [2.24, 2.45) is 0 Å². The quantitative estimate of drug-likeness (QED) is 0.727. The fourth-order valence-corrected chi connectivity index (χ4v) is 1.69. The van der Waals surface area contributed by atoms with Crippen LogP contribution in [0.5, 0.6) is 0 Å². The van der Waals surface area contributed by atoms with Crippen LogP contribution in [0, 0.1) is 6.92 Å². The molecule has 3 nitrogen and oxygen atoms in total. The van der Waals surface area contributed by atoms with E-state index in [2.05, 4.69) is 42.9 Å². The highest BCUT2D eigenvalue weighted by atomic mass is 16.5. The highest BCUT2D eigenvalue weighted by Crippen LogP contribution is 2.16. The number of aryl methyl sites for hydroxylation is 1. The van der Waals surface area contributed by atoms with Gasteiger partial charge in [0.25, 0.3) is 0 Å². The number of ether oxygens (including phenoxy) is 1. The van der Waals surface area contributed by atoms with Gasteiger partial charge in [0.2, 0.25) is 0 Å². The van der Waals surface area contributed by atoms with Gasteiger partial charge in [0.15, 0.2) is 0 Å². The van der Waals surface area contributed by atoms with E-state index < -0.39 is 0 Å². The maximum Gasteiger partial charge on any atom is 0.0589 e. The van der Waals surface area contributed by atoms with Crippen molar-refractivity contribution in [2.75, 3.05) is 33.9 Å². The van der Waals surface area contributed by atoms with Crippen LogP contribution in [0.15, 0.2) is 18.3 Å². The van der Waals surface area contributed by atoms with E-state index in [-0.39, 0.29) is 0 Å². The van der Waals surface area contributed by atoms with Crippen LogP contribution >= 0.6 is 0 Å². The largest absolute Gasteiger partial charge is 0.383 e. The Bertz CT molecular complexity index is 311. The third kappa shape index (κ3) is 5.29. The molecule has 1 heterocycles. The van der Waals surface area contributed by atoms with E-state index in [9.17, 15) is 0 Å². The molecule has 0 radical (unpaired) electrons. The Hall–Kier alpha value is -0.930. The maximum atomic E-state index is 5.06. The average molecular weight is 236 g/mol. The minimum Gasteiger partial charge on any atom is -0.383 e. The normalized spacial score (nSPS) is 13.0. The lowest BCUT2D eigenvalue weighted by molar-refractivity contribution is 0.159. The second kappa shape index (κ2) is 7.41. The summed E-state index contributed by atoms with van der Waals surface area (Å²) in [4.78, 5) is 6.77. The molecule has 0 spiro atoms. The van der Waals surface area contributed by atoms with Gasteiger partial charge in [-0.15, -0.1) is 0 Å². The van der Waals surface area contributed by atoms with Crippen molar-refractivity contribution in [1.29, 1.82) is 0 Å². The summed E-state index contributed by atoms with van der Waals surface area (Å²) in [6, 6.07) is 4.27. The van der Waals surface area contributed by atoms with Crippen molar-refractivity contribution < 1.29 is 4.74 Å². The molecule has 1 atom stereocenters. The molecular formula is C14H24N2O. The van der Waals surface area contributed by atoms with Crippen molar-refractivity contribution >= 4 is 0 Å². The number of aromatic nitrogens is 1. The Morgan fingerprint density at radius 2 is 2.12 bits per heavy atom. The summed E-state index contributed by atoms with van der Waals surface area (Å²) in [5.41, 5.74) is 2.41. The Balaban J connectivity index is 2.34. The molecule has 0 amide bonds. The first-order valence-electron chi connectivity index (χ1n) is 6.23. The van der Waals surface area contributed by atoms with E-state index in [1.54, 1.807) is 7.11 Å². The highest BCUT2D eigenvalue weighted by molar-refractivity contribution is 5.14. The molecule has 1 unspecified atom stereocenters. The molecule has 0 saturated heterocycles. The first-order chi connectivity index (χ1) is 8.13. The second-order valence-electron chi connectivity index (χ2n) is 4.75. The lowest BCUT2D eigenvalue weighted by Gasteiger charge is -2.18. The summed E-state index contributed by atoms with van der Waals surface area (Å²) in [6.07, 6.45) is 3.08. The summed E-state index contributed by atoms with van der Waals surface area (Å²) >= 11 is 0. The average Bonchev–Trinajstić information content (AvgIpc) is 2.34. The molecule has 0 aromatic carbocycles. The molecule has 1 rings (SSSR count). The zero-order chi connectivity index (χ0) is 12.7.